The van der Waals surface area contributed by atoms with Crippen LogP contribution in [0.2, 0.25) is 10.0 Å². The molecule has 4 nitrogen and oxygen atoms in total. The monoisotopic (exact) mass is 316 g/mol. The van der Waals surface area contributed by atoms with Crippen molar-refractivity contribution in [3.05, 3.63) is 39.4 Å². The normalized spacial score (nSPS) is 9.80. The minimum absolute atomic E-state index is 0.159. The van der Waals surface area contributed by atoms with Gasteiger partial charge in [-0.25, -0.2) is 9.59 Å². The zero-order chi connectivity index (χ0) is 15.1. The van der Waals surface area contributed by atoms with Gasteiger partial charge in [-0.3, -0.25) is 0 Å². The van der Waals surface area contributed by atoms with Crippen molar-refractivity contribution in [3.63, 3.8) is 0 Å². The first kappa shape index (κ1) is 16.5. The number of esters is 2. The Morgan fingerprint density at radius 2 is 1.45 bits per heavy atom. The SMILES string of the molecule is CCOC(=O)C(=Cc1cc(Cl)cc(Cl)c1)C(=O)OCC. The van der Waals surface area contributed by atoms with Crippen LogP contribution in [-0.2, 0) is 19.1 Å². The maximum absolute atomic E-state index is 11.8. The first-order chi connectivity index (χ1) is 9.47. The van der Waals surface area contributed by atoms with Gasteiger partial charge in [-0.05, 0) is 43.7 Å². The molecule has 1 aromatic rings. The van der Waals surface area contributed by atoms with Crippen molar-refractivity contribution in [2.24, 2.45) is 0 Å². The second kappa shape index (κ2) is 7.92. The topological polar surface area (TPSA) is 52.6 Å². The molecule has 0 N–H and O–H groups in total. The fourth-order valence-corrected chi connectivity index (χ4v) is 1.99. The standard InChI is InChI=1S/C14H14Cl2O4/c1-3-19-13(17)12(14(18)20-4-2)7-9-5-10(15)8-11(16)6-9/h5-8H,3-4H2,1-2H3. The summed E-state index contributed by atoms with van der Waals surface area (Å²) in [7, 11) is 0. The molecule has 0 amide bonds. The highest BCUT2D eigenvalue weighted by Crippen LogP contribution is 2.21. The summed E-state index contributed by atoms with van der Waals surface area (Å²) in [5.41, 5.74) is 0.311. The molecule has 1 aromatic carbocycles. The van der Waals surface area contributed by atoms with Gasteiger partial charge in [0, 0.05) is 10.0 Å². The summed E-state index contributed by atoms with van der Waals surface area (Å²) in [4.78, 5) is 23.6. The van der Waals surface area contributed by atoms with Crippen LogP contribution in [0.5, 0.6) is 0 Å². The van der Waals surface area contributed by atoms with Crippen LogP contribution in [0.1, 0.15) is 19.4 Å². The zero-order valence-electron chi connectivity index (χ0n) is 11.1. The quantitative estimate of drug-likeness (QED) is 0.361. The van der Waals surface area contributed by atoms with Crippen molar-refractivity contribution < 1.29 is 19.1 Å². The molecule has 0 radical (unpaired) electrons. The van der Waals surface area contributed by atoms with E-state index in [1.807, 2.05) is 0 Å². The molecule has 0 atom stereocenters. The van der Waals surface area contributed by atoms with Crippen molar-refractivity contribution in [1.82, 2.24) is 0 Å². The predicted octanol–water partition coefficient (Wildman–Crippen LogP) is 3.50. The number of carbonyl (C=O) groups is 2. The fraction of sp³-hybridized carbons (Fsp3) is 0.286. The third kappa shape index (κ3) is 4.87. The van der Waals surface area contributed by atoms with E-state index in [1.165, 1.54) is 6.08 Å². The summed E-state index contributed by atoms with van der Waals surface area (Å²) < 4.78 is 9.66. The number of benzene rings is 1. The molecule has 1 rings (SSSR count). The highest BCUT2D eigenvalue weighted by Gasteiger charge is 2.21. The Morgan fingerprint density at radius 3 is 1.85 bits per heavy atom. The minimum atomic E-state index is -0.748. The second-order valence-corrected chi connectivity index (χ2v) is 4.57. The summed E-state index contributed by atoms with van der Waals surface area (Å²) in [6.45, 7) is 3.62. The summed E-state index contributed by atoms with van der Waals surface area (Å²) in [5.74, 6) is -1.50. The molecule has 0 bridgehead atoms. The summed E-state index contributed by atoms with van der Waals surface area (Å²) in [5, 5.41) is 0.798. The lowest BCUT2D eigenvalue weighted by Gasteiger charge is -2.07. The Morgan fingerprint density at radius 1 is 1.00 bits per heavy atom. The summed E-state index contributed by atoms with van der Waals surface area (Å²) >= 11 is 11.7. The Balaban J connectivity index is 3.17. The number of ether oxygens (including phenoxy) is 2. The van der Waals surface area contributed by atoms with Gasteiger partial charge in [-0.15, -0.1) is 0 Å². The smallest absolute Gasteiger partial charge is 0.345 e. The second-order valence-electron chi connectivity index (χ2n) is 3.70. The number of carbonyl (C=O) groups excluding carboxylic acids is 2. The van der Waals surface area contributed by atoms with Gasteiger partial charge in [0.15, 0.2) is 0 Å². The summed E-state index contributed by atoms with van der Waals surface area (Å²) in [6.07, 6.45) is 1.34. The van der Waals surface area contributed by atoms with Gasteiger partial charge in [-0.1, -0.05) is 23.2 Å². The van der Waals surface area contributed by atoms with Gasteiger partial charge in [0.05, 0.1) is 13.2 Å². The van der Waals surface area contributed by atoms with Crippen molar-refractivity contribution in [2.45, 2.75) is 13.8 Å². The van der Waals surface area contributed by atoms with Gasteiger partial charge >= 0.3 is 11.9 Å². The first-order valence-electron chi connectivity index (χ1n) is 6.00. The van der Waals surface area contributed by atoms with Crippen molar-refractivity contribution in [2.75, 3.05) is 13.2 Å². The van der Waals surface area contributed by atoms with Gasteiger partial charge in [-0.2, -0.15) is 0 Å². The number of hydrogen-bond donors (Lipinski definition) is 0. The average molecular weight is 317 g/mol. The fourth-order valence-electron chi connectivity index (χ4n) is 1.44. The van der Waals surface area contributed by atoms with Crippen LogP contribution in [0, 0.1) is 0 Å². The molecule has 108 valence electrons. The molecule has 0 saturated carbocycles. The number of hydrogen-bond acceptors (Lipinski definition) is 4. The van der Waals surface area contributed by atoms with Crippen molar-refractivity contribution >= 4 is 41.2 Å². The van der Waals surface area contributed by atoms with Gasteiger partial charge in [0.1, 0.15) is 5.57 Å². The lowest BCUT2D eigenvalue weighted by atomic mass is 10.1. The lowest BCUT2D eigenvalue weighted by molar-refractivity contribution is -0.146. The van der Waals surface area contributed by atoms with Crippen molar-refractivity contribution in [3.8, 4) is 0 Å². The van der Waals surface area contributed by atoms with Crippen LogP contribution in [0.25, 0.3) is 6.08 Å². The maximum atomic E-state index is 11.8. The van der Waals surface area contributed by atoms with E-state index in [0.717, 1.165) is 0 Å². The van der Waals surface area contributed by atoms with Crippen LogP contribution in [0.4, 0.5) is 0 Å². The van der Waals surface area contributed by atoms with Gasteiger partial charge < -0.3 is 9.47 Å². The zero-order valence-corrected chi connectivity index (χ0v) is 12.6. The van der Waals surface area contributed by atoms with Crippen LogP contribution >= 0.6 is 23.2 Å². The maximum Gasteiger partial charge on any atom is 0.345 e. The van der Waals surface area contributed by atoms with E-state index < -0.39 is 11.9 Å². The molecule has 0 fully saturated rings. The highest BCUT2D eigenvalue weighted by atomic mass is 35.5. The molecule has 0 aliphatic rings. The Hall–Kier alpha value is -1.52. The van der Waals surface area contributed by atoms with Crippen LogP contribution < -0.4 is 0 Å². The van der Waals surface area contributed by atoms with Crippen LogP contribution in [0.15, 0.2) is 23.8 Å². The number of rotatable bonds is 5. The molecule has 20 heavy (non-hydrogen) atoms. The Kier molecular flexibility index (Phi) is 6.55. The van der Waals surface area contributed by atoms with Gasteiger partial charge in [0.25, 0.3) is 0 Å². The molecule has 0 aliphatic carbocycles. The Labute approximate surface area is 127 Å². The highest BCUT2D eigenvalue weighted by molar-refractivity contribution is 6.34. The van der Waals surface area contributed by atoms with E-state index in [-0.39, 0.29) is 18.8 Å². The van der Waals surface area contributed by atoms with E-state index in [0.29, 0.717) is 15.6 Å². The molecule has 6 heteroatoms. The molecular formula is C14H14Cl2O4. The first-order valence-corrected chi connectivity index (χ1v) is 6.75. The third-order valence-electron chi connectivity index (χ3n) is 2.19. The average Bonchev–Trinajstić information content (AvgIpc) is 2.35. The predicted molar refractivity (Wildman–Crippen MR) is 77.7 cm³/mol. The van der Waals surface area contributed by atoms with Crippen LogP contribution in [-0.4, -0.2) is 25.2 Å². The van der Waals surface area contributed by atoms with E-state index in [9.17, 15) is 9.59 Å². The Bertz CT molecular complexity index is 498. The lowest BCUT2D eigenvalue weighted by Crippen LogP contribution is -2.18. The van der Waals surface area contributed by atoms with Crippen LogP contribution in [0.3, 0.4) is 0 Å². The molecular weight excluding hydrogens is 303 g/mol. The van der Waals surface area contributed by atoms with E-state index in [4.69, 9.17) is 32.7 Å². The molecule has 0 spiro atoms. The minimum Gasteiger partial charge on any atom is -0.462 e. The number of halogens is 2. The van der Waals surface area contributed by atoms with E-state index in [1.54, 1.807) is 32.0 Å². The van der Waals surface area contributed by atoms with Gasteiger partial charge in [0.2, 0.25) is 0 Å². The largest absolute Gasteiger partial charge is 0.462 e. The molecule has 0 unspecified atom stereocenters. The summed E-state index contributed by atoms with van der Waals surface area (Å²) in [6, 6.07) is 4.70. The molecule has 0 heterocycles. The van der Waals surface area contributed by atoms with E-state index in [2.05, 4.69) is 0 Å². The molecule has 0 aliphatic heterocycles. The third-order valence-corrected chi connectivity index (χ3v) is 2.62. The molecule has 0 saturated heterocycles. The van der Waals surface area contributed by atoms with Crippen molar-refractivity contribution in [1.29, 1.82) is 0 Å². The molecule has 0 aromatic heterocycles. The van der Waals surface area contributed by atoms with E-state index >= 15 is 0 Å².